The topological polar surface area (TPSA) is 59.8 Å². The summed E-state index contributed by atoms with van der Waals surface area (Å²) >= 11 is 6.01. The number of hydrogen-bond acceptors (Lipinski definition) is 3. The van der Waals surface area contributed by atoms with Gasteiger partial charge in [0.15, 0.2) is 0 Å². The molecule has 0 spiro atoms. The van der Waals surface area contributed by atoms with E-state index in [4.69, 9.17) is 16.7 Å². The molecule has 4 rings (SSSR count). The van der Waals surface area contributed by atoms with Crippen LogP contribution in [0.4, 0.5) is 5.82 Å². The van der Waals surface area contributed by atoms with Crippen LogP contribution < -0.4 is 5.32 Å². The molecule has 1 fully saturated rings. The molecule has 0 saturated heterocycles. The molecule has 1 N–H and O–H groups in total. The number of aromatic nitrogens is 3. The fraction of sp³-hybridized carbons (Fsp3) is 0.318. The predicted octanol–water partition coefficient (Wildman–Crippen LogP) is 5.38. The van der Waals surface area contributed by atoms with Gasteiger partial charge in [-0.15, -0.1) is 0 Å². The van der Waals surface area contributed by atoms with Gasteiger partial charge in [-0.25, -0.2) is 4.68 Å². The third-order valence-corrected chi connectivity index (χ3v) is 4.97. The zero-order valence-electron chi connectivity index (χ0n) is 16.0. The monoisotopic (exact) mass is 394 g/mol. The molecular formula is C22H23ClN4O. The zero-order valence-corrected chi connectivity index (χ0v) is 16.8. The molecule has 144 valence electrons. The van der Waals surface area contributed by atoms with Crippen LogP contribution in [0.15, 0.2) is 48.7 Å². The average Bonchev–Trinajstić information content (AvgIpc) is 3.47. The number of nitrogens with zero attached hydrogens (tertiary/aromatic N) is 3. The van der Waals surface area contributed by atoms with Crippen molar-refractivity contribution in [2.45, 2.75) is 39.2 Å². The van der Waals surface area contributed by atoms with Crippen molar-refractivity contribution in [3.63, 3.8) is 0 Å². The smallest absolute Gasteiger partial charge is 0.256 e. The number of hydrogen-bond donors (Lipinski definition) is 1. The Morgan fingerprint density at radius 2 is 1.96 bits per heavy atom. The Labute approximate surface area is 169 Å². The highest BCUT2D eigenvalue weighted by Crippen LogP contribution is 2.47. The summed E-state index contributed by atoms with van der Waals surface area (Å²) in [5.74, 6) is 1.46. The molecule has 3 aromatic rings. The van der Waals surface area contributed by atoms with Gasteiger partial charge in [-0.2, -0.15) is 5.10 Å². The largest absolute Gasteiger partial charge is 0.307 e. The van der Waals surface area contributed by atoms with Gasteiger partial charge in [0.05, 0.1) is 10.7 Å². The van der Waals surface area contributed by atoms with Gasteiger partial charge in [0.1, 0.15) is 11.5 Å². The summed E-state index contributed by atoms with van der Waals surface area (Å²) < 4.78 is 1.92. The fourth-order valence-electron chi connectivity index (χ4n) is 3.32. The summed E-state index contributed by atoms with van der Waals surface area (Å²) in [5, 5.41) is 8.58. The van der Waals surface area contributed by atoms with Crippen molar-refractivity contribution in [1.82, 2.24) is 14.8 Å². The van der Waals surface area contributed by atoms with Crippen molar-refractivity contribution >= 4 is 23.3 Å². The molecule has 1 aliphatic rings. The molecule has 2 heterocycles. The molecule has 0 atom stereocenters. The van der Waals surface area contributed by atoms with Crippen molar-refractivity contribution in [2.75, 3.05) is 5.32 Å². The number of nitrogens with one attached hydrogen (secondary N) is 1. The molecule has 1 aromatic carbocycles. The number of halogens is 1. The Hall–Kier alpha value is -2.66. The molecule has 1 aliphatic carbocycles. The van der Waals surface area contributed by atoms with E-state index in [0.717, 1.165) is 42.2 Å². The van der Waals surface area contributed by atoms with Gasteiger partial charge in [0, 0.05) is 23.9 Å². The minimum Gasteiger partial charge on any atom is -0.307 e. The maximum atomic E-state index is 12.9. The molecule has 28 heavy (non-hydrogen) atoms. The summed E-state index contributed by atoms with van der Waals surface area (Å²) in [5.41, 5.74) is 3.33. The van der Waals surface area contributed by atoms with E-state index in [1.54, 1.807) is 6.20 Å². The normalized spacial score (nSPS) is 13.7. The quantitative estimate of drug-likeness (QED) is 0.610. The highest BCUT2D eigenvalue weighted by molar-refractivity contribution is 6.30. The number of carbonyl (C=O) groups is 1. The first kappa shape index (κ1) is 18.7. The second-order valence-corrected chi connectivity index (χ2v) is 8.08. The van der Waals surface area contributed by atoms with Crippen LogP contribution in [-0.2, 0) is 6.54 Å². The number of amides is 1. The number of benzene rings is 1. The van der Waals surface area contributed by atoms with E-state index < -0.39 is 0 Å². The van der Waals surface area contributed by atoms with Crippen LogP contribution in [0.25, 0.3) is 11.4 Å². The van der Waals surface area contributed by atoms with Crippen LogP contribution in [0, 0.1) is 5.92 Å². The Morgan fingerprint density at radius 1 is 1.21 bits per heavy atom. The van der Waals surface area contributed by atoms with Crippen molar-refractivity contribution < 1.29 is 4.79 Å². The first-order valence-corrected chi connectivity index (χ1v) is 9.99. The SMILES string of the molecule is CC(C)Cn1nc(-c2ccc(Cl)cn2)c(C2CC2)c1NC(=O)c1ccccc1. The van der Waals surface area contributed by atoms with E-state index in [9.17, 15) is 4.79 Å². The first-order valence-electron chi connectivity index (χ1n) is 9.62. The van der Waals surface area contributed by atoms with E-state index in [0.29, 0.717) is 22.4 Å². The minimum absolute atomic E-state index is 0.122. The van der Waals surface area contributed by atoms with Gasteiger partial charge < -0.3 is 5.32 Å². The Morgan fingerprint density at radius 3 is 2.57 bits per heavy atom. The van der Waals surface area contributed by atoms with E-state index in [-0.39, 0.29) is 5.91 Å². The van der Waals surface area contributed by atoms with Crippen molar-refractivity contribution in [2.24, 2.45) is 5.92 Å². The first-order chi connectivity index (χ1) is 13.5. The number of carbonyl (C=O) groups excluding carboxylic acids is 1. The zero-order chi connectivity index (χ0) is 19.7. The van der Waals surface area contributed by atoms with Gasteiger partial charge in [-0.05, 0) is 48.9 Å². The standard InChI is InChI=1S/C22H23ClN4O/c1-14(2)13-27-21(25-22(28)16-6-4-3-5-7-16)19(15-8-9-15)20(26-27)18-11-10-17(23)12-24-18/h3-7,10-12,14-15H,8-9,13H2,1-2H3,(H,25,28). The maximum Gasteiger partial charge on any atom is 0.256 e. The number of anilines is 1. The van der Waals surface area contributed by atoms with E-state index in [1.807, 2.05) is 47.1 Å². The lowest BCUT2D eigenvalue weighted by atomic mass is 10.1. The van der Waals surface area contributed by atoms with Crippen LogP contribution in [0.5, 0.6) is 0 Å². The second-order valence-electron chi connectivity index (χ2n) is 7.64. The molecule has 0 unspecified atom stereocenters. The highest BCUT2D eigenvalue weighted by Gasteiger charge is 2.34. The van der Waals surface area contributed by atoms with Crippen molar-refractivity contribution in [1.29, 1.82) is 0 Å². The third kappa shape index (κ3) is 3.94. The summed E-state index contributed by atoms with van der Waals surface area (Å²) in [6.45, 7) is 5.00. The van der Waals surface area contributed by atoms with Gasteiger partial charge >= 0.3 is 0 Å². The molecule has 2 aromatic heterocycles. The van der Waals surface area contributed by atoms with Gasteiger partial charge in [0.2, 0.25) is 0 Å². The summed E-state index contributed by atoms with van der Waals surface area (Å²) in [4.78, 5) is 17.3. The Balaban J connectivity index is 1.78. The van der Waals surface area contributed by atoms with Crippen LogP contribution >= 0.6 is 11.6 Å². The predicted molar refractivity (Wildman–Crippen MR) is 112 cm³/mol. The Kier molecular flexibility index (Phi) is 5.18. The van der Waals surface area contributed by atoms with Gasteiger partial charge in [-0.3, -0.25) is 9.78 Å². The third-order valence-electron chi connectivity index (χ3n) is 4.75. The number of pyridine rings is 1. The summed E-state index contributed by atoms with van der Waals surface area (Å²) in [6.07, 6.45) is 3.83. The second kappa shape index (κ2) is 7.76. The Bertz CT molecular complexity index is 976. The lowest BCUT2D eigenvalue weighted by molar-refractivity contribution is 0.102. The van der Waals surface area contributed by atoms with Crippen LogP contribution in [0.1, 0.15) is 48.5 Å². The van der Waals surface area contributed by atoms with E-state index in [2.05, 4.69) is 24.1 Å². The summed E-state index contributed by atoms with van der Waals surface area (Å²) in [7, 11) is 0. The molecule has 1 amide bonds. The van der Waals surface area contributed by atoms with E-state index in [1.165, 1.54) is 0 Å². The van der Waals surface area contributed by atoms with Gasteiger partial charge in [-0.1, -0.05) is 43.6 Å². The highest BCUT2D eigenvalue weighted by atomic mass is 35.5. The van der Waals surface area contributed by atoms with Crippen LogP contribution in [0.3, 0.4) is 0 Å². The lowest BCUT2D eigenvalue weighted by Crippen LogP contribution is -2.18. The molecule has 1 saturated carbocycles. The van der Waals surface area contributed by atoms with Gasteiger partial charge in [0.25, 0.3) is 5.91 Å². The molecular weight excluding hydrogens is 372 g/mol. The van der Waals surface area contributed by atoms with Crippen LogP contribution in [0.2, 0.25) is 5.02 Å². The molecule has 0 radical (unpaired) electrons. The molecule has 0 aliphatic heterocycles. The maximum absolute atomic E-state index is 12.9. The number of rotatable bonds is 6. The average molecular weight is 395 g/mol. The lowest BCUT2D eigenvalue weighted by Gasteiger charge is -2.13. The summed E-state index contributed by atoms with van der Waals surface area (Å²) in [6, 6.07) is 13.0. The minimum atomic E-state index is -0.122. The molecule has 5 nitrogen and oxygen atoms in total. The van der Waals surface area contributed by atoms with Crippen molar-refractivity contribution in [3.8, 4) is 11.4 Å². The fourth-order valence-corrected chi connectivity index (χ4v) is 3.43. The molecule has 6 heteroatoms. The molecule has 0 bridgehead atoms. The van der Waals surface area contributed by atoms with E-state index >= 15 is 0 Å². The van der Waals surface area contributed by atoms with Crippen molar-refractivity contribution in [3.05, 3.63) is 64.8 Å². The van der Waals surface area contributed by atoms with Crippen LogP contribution in [-0.4, -0.2) is 20.7 Å².